The van der Waals surface area contributed by atoms with Gasteiger partial charge in [-0.25, -0.2) is 0 Å². The molecule has 3 aromatic rings. The average Bonchev–Trinajstić information content (AvgIpc) is 2.83. The van der Waals surface area contributed by atoms with Crippen molar-refractivity contribution in [2.45, 2.75) is 31.6 Å². The molecule has 0 aliphatic carbocycles. The van der Waals surface area contributed by atoms with E-state index in [0.29, 0.717) is 10.5 Å². The maximum Gasteiger partial charge on any atom is 0.0478 e. The molecule has 3 aromatic carbocycles. The van der Waals surface area contributed by atoms with Crippen LogP contribution in [0.25, 0.3) is 0 Å². The molecule has 0 N–H and O–H groups in total. The van der Waals surface area contributed by atoms with Crippen molar-refractivity contribution in [3.05, 3.63) is 90.5 Å². The fraction of sp³-hybridized carbons (Fsp3) is 0.182. The summed E-state index contributed by atoms with van der Waals surface area (Å²) in [6, 6.07) is 30.6. The monoisotopic (exact) mass is 380 g/mol. The molecule has 1 aliphatic heterocycles. The zero-order valence-corrected chi connectivity index (χ0v) is 16.3. The Morgan fingerprint density at radius 3 is 2.00 bits per heavy atom. The maximum absolute atomic E-state index is 2.33. The summed E-state index contributed by atoms with van der Waals surface area (Å²) in [5, 5.41) is 1.04. The van der Waals surface area contributed by atoms with Crippen LogP contribution in [0, 0.1) is 0 Å². The minimum absolute atomic E-state index is 0.471. The third-order valence-electron chi connectivity index (χ3n) is 4.26. The van der Waals surface area contributed by atoms with Crippen LogP contribution >= 0.6 is 35.3 Å². The van der Waals surface area contributed by atoms with Crippen LogP contribution in [0.2, 0.25) is 0 Å². The van der Waals surface area contributed by atoms with Gasteiger partial charge in [0, 0.05) is 25.2 Å². The van der Waals surface area contributed by atoms with E-state index in [1.807, 2.05) is 35.3 Å². The molecule has 0 unspecified atom stereocenters. The molecule has 1 heterocycles. The van der Waals surface area contributed by atoms with Crippen molar-refractivity contribution >= 4 is 35.3 Å². The molecule has 0 spiro atoms. The molecule has 0 radical (unpaired) electrons. The molecule has 0 aromatic heterocycles. The second kappa shape index (κ2) is 8.39. The topological polar surface area (TPSA) is 0 Å². The van der Waals surface area contributed by atoms with Crippen LogP contribution in [-0.2, 0) is 0 Å². The lowest BCUT2D eigenvalue weighted by atomic mass is 10.1. The zero-order chi connectivity index (χ0) is 16.9. The highest BCUT2D eigenvalue weighted by Gasteiger charge is 2.29. The van der Waals surface area contributed by atoms with E-state index in [1.165, 1.54) is 32.4 Å². The Balaban J connectivity index is 1.68. The maximum atomic E-state index is 2.33. The zero-order valence-electron chi connectivity index (χ0n) is 13.9. The van der Waals surface area contributed by atoms with Crippen LogP contribution in [0.1, 0.15) is 17.2 Å². The highest BCUT2D eigenvalue weighted by atomic mass is 32.2. The number of benzene rings is 3. The summed E-state index contributed by atoms with van der Waals surface area (Å²) >= 11 is 6.06. The van der Waals surface area contributed by atoms with E-state index in [-0.39, 0.29) is 0 Å². The van der Waals surface area contributed by atoms with Gasteiger partial charge in [-0.1, -0.05) is 54.6 Å². The Morgan fingerprint density at radius 1 is 0.680 bits per heavy atom. The van der Waals surface area contributed by atoms with Gasteiger partial charge < -0.3 is 0 Å². The van der Waals surface area contributed by atoms with Crippen LogP contribution in [0.15, 0.2) is 99.6 Å². The van der Waals surface area contributed by atoms with Gasteiger partial charge in [0.2, 0.25) is 0 Å². The SMILES string of the molecule is c1ccc(S[C@H]2CCSc3ccccc3[C@H]2Sc2ccccc2)cc1. The molecule has 4 rings (SSSR count). The average molecular weight is 381 g/mol. The molecule has 3 heteroatoms. The Morgan fingerprint density at radius 2 is 1.28 bits per heavy atom. The highest BCUT2D eigenvalue weighted by Crippen LogP contribution is 2.50. The molecule has 0 bridgehead atoms. The third-order valence-corrected chi connectivity index (χ3v) is 8.29. The molecule has 0 saturated carbocycles. The standard InChI is InChI=1S/C22H20S3/c1-3-9-17(10-4-1)24-21-15-16-23-20-14-8-7-13-19(20)22(21)25-18-11-5-2-6-12-18/h1-14,21-22H,15-16H2/t21-,22+/m0/s1. The van der Waals surface area contributed by atoms with E-state index in [1.54, 1.807) is 0 Å². The van der Waals surface area contributed by atoms with Gasteiger partial charge in [0.1, 0.15) is 0 Å². The Kier molecular flexibility index (Phi) is 5.75. The van der Waals surface area contributed by atoms with Gasteiger partial charge in [-0.15, -0.1) is 35.3 Å². The van der Waals surface area contributed by atoms with Crippen molar-refractivity contribution in [2.24, 2.45) is 0 Å². The van der Waals surface area contributed by atoms with E-state index >= 15 is 0 Å². The molecule has 0 amide bonds. The molecule has 0 fully saturated rings. The van der Waals surface area contributed by atoms with Crippen molar-refractivity contribution < 1.29 is 0 Å². The highest BCUT2D eigenvalue weighted by molar-refractivity contribution is 8.04. The summed E-state index contributed by atoms with van der Waals surface area (Å²) in [5.41, 5.74) is 1.49. The molecule has 2 atom stereocenters. The van der Waals surface area contributed by atoms with Gasteiger partial charge >= 0.3 is 0 Å². The summed E-state index contributed by atoms with van der Waals surface area (Å²) in [5.74, 6) is 1.19. The second-order valence-corrected chi connectivity index (χ2v) is 9.66. The van der Waals surface area contributed by atoms with Crippen molar-refractivity contribution in [3.63, 3.8) is 0 Å². The van der Waals surface area contributed by atoms with Crippen LogP contribution in [0.5, 0.6) is 0 Å². The van der Waals surface area contributed by atoms with Gasteiger partial charge in [0.25, 0.3) is 0 Å². The van der Waals surface area contributed by atoms with Crippen molar-refractivity contribution in [2.75, 3.05) is 5.75 Å². The smallest absolute Gasteiger partial charge is 0.0478 e. The minimum Gasteiger partial charge on any atom is -0.126 e. The molecule has 1 aliphatic rings. The first-order chi connectivity index (χ1) is 12.4. The largest absolute Gasteiger partial charge is 0.126 e. The van der Waals surface area contributed by atoms with Crippen molar-refractivity contribution in [1.82, 2.24) is 0 Å². The fourth-order valence-corrected chi connectivity index (χ4v) is 7.15. The quantitative estimate of drug-likeness (QED) is 0.470. The van der Waals surface area contributed by atoms with Crippen LogP contribution in [0.3, 0.4) is 0 Å². The first kappa shape index (κ1) is 17.1. The number of hydrogen-bond acceptors (Lipinski definition) is 3. The van der Waals surface area contributed by atoms with Gasteiger partial charge in [-0.2, -0.15) is 0 Å². The van der Waals surface area contributed by atoms with Gasteiger partial charge in [0.05, 0.1) is 0 Å². The molecule has 0 nitrogen and oxygen atoms in total. The lowest BCUT2D eigenvalue weighted by Crippen LogP contribution is -2.12. The van der Waals surface area contributed by atoms with E-state index in [2.05, 4.69) is 84.9 Å². The number of rotatable bonds is 4. The summed E-state index contributed by atoms with van der Waals surface area (Å²) in [6.45, 7) is 0. The first-order valence-electron chi connectivity index (χ1n) is 8.55. The van der Waals surface area contributed by atoms with Gasteiger partial charge in [-0.05, 0) is 48.1 Å². The number of fused-ring (bicyclic) bond motifs is 1. The number of hydrogen-bond donors (Lipinski definition) is 0. The second-order valence-electron chi connectivity index (χ2n) is 6.00. The summed E-state index contributed by atoms with van der Waals surface area (Å²) < 4.78 is 0. The van der Waals surface area contributed by atoms with Crippen LogP contribution in [-0.4, -0.2) is 11.0 Å². The van der Waals surface area contributed by atoms with E-state index < -0.39 is 0 Å². The van der Waals surface area contributed by atoms with Gasteiger partial charge in [-0.3, -0.25) is 0 Å². The molecular formula is C22H20S3. The molecule has 25 heavy (non-hydrogen) atoms. The predicted molar refractivity (Wildman–Crippen MR) is 113 cm³/mol. The molecular weight excluding hydrogens is 360 g/mol. The molecule has 0 saturated heterocycles. The Bertz CT molecular complexity index is 802. The minimum atomic E-state index is 0.471. The third kappa shape index (κ3) is 4.28. The summed E-state index contributed by atoms with van der Waals surface area (Å²) in [7, 11) is 0. The Labute approximate surface area is 162 Å². The molecule has 126 valence electrons. The van der Waals surface area contributed by atoms with Gasteiger partial charge in [0.15, 0.2) is 0 Å². The number of thioether (sulfide) groups is 3. The lowest BCUT2D eigenvalue weighted by Gasteiger charge is -2.25. The normalized spacial score (nSPS) is 19.8. The first-order valence-corrected chi connectivity index (χ1v) is 11.3. The van der Waals surface area contributed by atoms with Crippen LogP contribution in [0.4, 0.5) is 0 Å². The van der Waals surface area contributed by atoms with Crippen molar-refractivity contribution in [1.29, 1.82) is 0 Å². The van der Waals surface area contributed by atoms with E-state index in [9.17, 15) is 0 Å². The van der Waals surface area contributed by atoms with Crippen LogP contribution < -0.4 is 0 Å². The summed E-state index contributed by atoms with van der Waals surface area (Å²) in [4.78, 5) is 4.18. The van der Waals surface area contributed by atoms with E-state index in [4.69, 9.17) is 0 Å². The fourth-order valence-electron chi connectivity index (χ4n) is 3.06. The van der Waals surface area contributed by atoms with E-state index in [0.717, 1.165) is 0 Å². The summed E-state index contributed by atoms with van der Waals surface area (Å²) in [6.07, 6.45) is 1.23. The van der Waals surface area contributed by atoms with Crippen molar-refractivity contribution in [3.8, 4) is 0 Å². The predicted octanol–water partition coefficient (Wildman–Crippen LogP) is 7.18. The Hall–Kier alpha value is -1.29. The lowest BCUT2D eigenvalue weighted by molar-refractivity contribution is 0.806.